The van der Waals surface area contributed by atoms with Gasteiger partial charge in [-0.1, -0.05) is 56.5 Å². The average Bonchev–Trinajstić information content (AvgIpc) is 3.87. The largest absolute Gasteiger partial charge is 0.330 e. The fourth-order valence-electron chi connectivity index (χ4n) is 7.23. The van der Waals surface area contributed by atoms with Gasteiger partial charge < -0.3 is 5.73 Å². The van der Waals surface area contributed by atoms with Gasteiger partial charge in [0.1, 0.15) is 11.6 Å². The fourth-order valence-corrected chi connectivity index (χ4v) is 7.23. The summed E-state index contributed by atoms with van der Waals surface area (Å²) in [5.74, 6) is 0.0788. The van der Waals surface area contributed by atoms with E-state index in [1.54, 1.807) is 18.2 Å². The molecule has 0 saturated heterocycles. The van der Waals surface area contributed by atoms with Gasteiger partial charge in [0.05, 0.1) is 23.0 Å². The second-order valence-corrected chi connectivity index (χ2v) is 13.0. The summed E-state index contributed by atoms with van der Waals surface area (Å²) in [6.45, 7) is 2.52. The lowest BCUT2D eigenvalue weighted by Crippen LogP contribution is -2.28. The third-order valence-corrected chi connectivity index (χ3v) is 9.93. The van der Waals surface area contributed by atoms with E-state index in [0.717, 1.165) is 68.2 Å². The maximum absolute atomic E-state index is 14.3. The van der Waals surface area contributed by atoms with Crippen LogP contribution in [0.3, 0.4) is 0 Å². The van der Waals surface area contributed by atoms with E-state index in [1.807, 2.05) is 43.3 Å². The monoisotopic (exact) mass is 593 g/mol. The van der Waals surface area contributed by atoms with Crippen molar-refractivity contribution in [3.8, 4) is 17.3 Å². The number of rotatable bonds is 13. The molecule has 0 bridgehead atoms. The number of nitrogens with two attached hydrogens (primary N) is 1. The average molecular weight is 594 g/mol. The zero-order chi connectivity index (χ0) is 31.1. The summed E-state index contributed by atoms with van der Waals surface area (Å²) in [7, 11) is 0. The SMILES string of the molecule is CC(CC1CCCCCC1C(=O)CCCN)C(=O)c1ccc(-c2ccccc2C#N)nc1C1(CCc2cccc(F)c2)CC1. The van der Waals surface area contributed by atoms with E-state index in [-0.39, 0.29) is 34.8 Å². The second-order valence-electron chi connectivity index (χ2n) is 13.0. The van der Waals surface area contributed by atoms with Crippen LogP contribution in [-0.2, 0) is 16.6 Å². The normalized spacial score (nSPS) is 19.9. The first kappa shape index (κ1) is 31.7. The first-order valence-corrected chi connectivity index (χ1v) is 16.4. The summed E-state index contributed by atoms with van der Waals surface area (Å²) in [5.41, 5.74) is 9.79. The Labute approximate surface area is 261 Å². The zero-order valence-electron chi connectivity index (χ0n) is 25.9. The Balaban J connectivity index is 1.45. The molecule has 2 aliphatic rings. The van der Waals surface area contributed by atoms with Crippen LogP contribution in [0.1, 0.15) is 105 Å². The molecule has 2 aromatic carbocycles. The summed E-state index contributed by atoms with van der Waals surface area (Å²) in [4.78, 5) is 32.6. The quantitative estimate of drug-likeness (QED) is 0.159. The van der Waals surface area contributed by atoms with E-state index in [4.69, 9.17) is 10.7 Å². The van der Waals surface area contributed by atoms with Gasteiger partial charge in [-0.05, 0) is 99.7 Å². The molecule has 1 heterocycles. The Morgan fingerprint density at radius 3 is 2.61 bits per heavy atom. The smallest absolute Gasteiger partial charge is 0.167 e. The first-order valence-electron chi connectivity index (χ1n) is 16.4. The first-order chi connectivity index (χ1) is 21.3. The summed E-state index contributed by atoms with van der Waals surface area (Å²) in [6.07, 6.45) is 10.4. The number of carbonyl (C=O) groups is 2. The molecule has 2 saturated carbocycles. The maximum Gasteiger partial charge on any atom is 0.167 e. The fraction of sp³-hybridized carbons (Fsp3) is 0.474. The van der Waals surface area contributed by atoms with Crippen LogP contribution in [0.25, 0.3) is 11.3 Å². The van der Waals surface area contributed by atoms with Crippen molar-refractivity contribution in [2.75, 3.05) is 6.54 Å². The van der Waals surface area contributed by atoms with E-state index in [1.165, 1.54) is 6.07 Å². The Morgan fingerprint density at radius 1 is 1.07 bits per heavy atom. The van der Waals surface area contributed by atoms with E-state index >= 15 is 0 Å². The lowest BCUT2D eigenvalue weighted by Gasteiger charge is -2.27. The number of Topliss-reactive ketones (excluding diaryl/α,β-unsaturated/α-hetero) is 2. The molecule has 3 aromatic rings. The predicted molar refractivity (Wildman–Crippen MR) is 171 cm³/mol. The molecule has 5 rings (SSSR count). The minimum atomic E-state index is -0.266. The lowest BCUT2D eigenvalue weighted by atomic mass is 9.76. The molecule has 0 spiro atoms. The molecule has 2 fully saturated rings. The molecule has 0 radical (unpaired) electrons. The highest BCUT2D eigenvalue weighted by atomic mass is 19.1. The molecule has 2 aliphatic carbocycles. The summed E-state index contributed by atoms with van der Waals surface area (Å²) < 4.78 is 13.9. The van der Waals surface area contributed by atoms with Gasteiger partial charge in [0.25, 0.3) is 0 Å². The van der Waals surface area contributed by atoms with Crippen molar-refractivity contribution in [1.29, 1.82) is 5.26 Å². The highest BCUT2D eigenvalue weighted by molar-refractivity contribution is 5.99. The molecular formula is C38H44FN3O2. The summed E-state index contributed by atoms with van der Waals surface area (Å²) in [6, 6.07) is 20.2. The van der Waals surface area contributed by atoms with Crippen molar-refractivity contribution in [2.24, 2.45) is 23.5 Å². The van der Waals surface area contributed by atoms with Gasteiger partial charge in [0, 0.05) is 34.8 Å². The molecule has 2 N–H and O–H groups in total. The molecule has 6 heteroatoms. The van der Waals surface area contributed by atoms with Gasteiger partial charge in [-0.2, -0.15) is 5.26 Å². The van der Waals surface area contributed by atoms with E-state index < -0.39 is 0 Å². The van der Waals surface area contributed by atoms with Crippen molar-refractivity contribution < 1.29 is 14.0 Å². The van der Waals surface area contributed by atoms with Gasteiger partial charge >= 0.3 is 0 Å². The Bertz CT molecular complexity index is 1520. The molecule has 1 aromatic heterocycles. The van der Waals surface area contributed by atoms with Crippen LogP contribution in [0, 0.1) is 34.9 Å². The van der Waals surface area contributed by atoms with Crippen molar-refractivity contribution >= 4 is 11.6 Å². The molecule has 3 atom stereocenters. The van der Waals surface area contributed by atoms with Crippen molar-refractivity contribution in [2.45, 2.75) is 89.4 Å². The van der Waals surface area contributed by atoms with Gasteiger partial charge in [-0.15, -0.1) is 0 Å². The van der Waals surface area contributed by atoms with Gasteiger partial charge in [-0.25, -0.2) is 4.39 Å². The highest BCUT2D eigenvalue weighted by Gasteiger charge is 2.47. The van der Waals surface area contributed by atoms with Gasteiger partial charge in [-0.3, -0.25) is 14.6 Å². The number of halogens is 1. The van der Waals surface area contributed by atoms with E-state index in [9.17, 15) is 19.2 Å². The molecule has 5 nitrogen and oxygen atoms in total. The lowest BCUT2D eigenvalue weighted by molar-refractivity contribution is -0.125. The van der Waals surface area contributed by atoms with Gasteiger partial charge in [0.2, 0.25) is 0 Å². The second kappa shape index (κ2) is 14.4. The summed E-state index contributed by atoms with van der Waals surface area (Å²) >= 11 is 0. The van der Waals surface area contributed by atoms with Crippen LogP contribution in [0.5, 0.6) is 0 Å². The predicted octanol–water partition coefficient (Wildman–Crippen LogP) is 8.14. The van der Waals surface area contributed by atoms with E-state index in [2.05, 4.69) is 6.07 Å². The van der Waals surface area contributed by atoms with Crippen molar-refractivity contribution in [3.63, 3.8) is 0 Å². The topological polar surface area (TPSA) is 96.8 Å². The third kappa shape index (κ3) is 7.33. The number of hydrogen-bond acceptors (Lipinski definition) is 5. The minimum absolute atomic E-state index is 0.00259. The van der Waals surface area contributed by atoms with Crippen LogP contribution < -0.4 is 5.73 Å². The van der Waals surface area contributed by atoms with Crippen molar-refractivity contribution in [3.05, 3.63) is 88.9 Å². The van der Waals surface area contributed by atoms with Crippen LogP contribution in [-0.4, -0.2) is 23.1 Å². The number of nitriles is 1. The standard InChI is InChI=1S/C38H44FN3O2/c1-26(23-28-10-3-2-4-14-32(28)35(43)15-8-22-40)36(44)33-16-17-34(31-13-6-5-11-29(31)25-41)42-37(33)38(20-21-38)19-18-27-9-7-12-30(39)24-27/h5-7,9,11-13,16-17,24,26,28,32H,2-4,8,10,14-15,18-23,40H2,1H3. The van der Waals surface area contributed by atoms with Crippen LogP contribution >= 0.6 is 0 Å². The molecule has 44 heavy (non-hydrogen) atoms. The van der Waals surface area contributed by atoms with Gasteiger partial charge in [0.15, 0.2) is 5.78 Å². The highest BCUT2D eigenvalue weighted by Crippen LogP contribution is 2.53. The molecule has 230 valence electrons. The molecular weight excluding hydrogens is 549 g/mol. The number of ketones is 2. The number of hydrogen-bond donors (Lipinski definition) is 1. The Morgan fingerprint density at radius 2 is 1.86 bits per heavy atom. The number of aromatic nitrogens is 1. The minimum Gasteiger partial charge on any atom is -0.330 e. The number of nitrogens with zero attached hydrogens (tertiary/aromatic N) is 2. The summed E-state index contributed by atoms with van der Waals surface area (Å²) in [5, 5.41) is 9.76. The zero-order valence-corrected chi connectivity index (χ0v) is 25.9. The van der Waals surface area contributed by atoms with E-state index in [0.29, 0.717) is 54.8 Å². The number of carbonyl (C=O) groups excluding carboxylic acids is 2. The number of aryl methyl sites for hydroxylation is 1. The molecule has 0 aliphatic heterocycles. The molecule has 3 unspecified atom stereocenters. The van der Waals surface area contributed by atoms with Crippen LogP contribution in [0.4, 0.5) is 4.39 Å². The van der Waals surface area contributed by atoms with Crippen LogP contribution in [0.15, 0.2) is 60.7 Å². The maximum atomic E-state index is 14.3. The van der Waals surface area contributed by atoms with Crippen molar-refractivity contribution in [1.82, 2.24) is 4.98 Å². The Kier molecular flexibility index (Phi) is 10.4. The van der Waals surface area contributed by atoms with Crippen LogP contribution in [0.2, 0.25) is 0 Å². The third-order valence-electron chi connectivity index (χ3n) is 9.93. The number of pyridine rings is 1. The Hall–Kier alpha value is -3.69. The molecule has 0 amide bonds. The number of benzene rings is 2.